The topological polar surface area (TPSA) is 60.1 Å². The second-order valence-electron chi connectivity index (χ2n) is 6.41. The maximum Gasteiger partial charge on any atom is 0.288 e. The molecular weight excluding hydrogens is 345 g/mol. The molecule has 0 unspecified atom stereocenters. The molecule has 6 heteroatoms. The first-order valence-electron chi connectivity index (χ1n) is 8.56. The summed E-state index contributed by atoms with van der Waals surface area (Å²) in [4.78, 5) is 17.4. The van der Waals surface area contributed by atoms with E-state index in [0.717, 1.165) is 5.56 Å². The zero-order valence-electron chi connectivity index (χ0n) is 14.9. The normalized spacial score (nSPS) is 12.3. The summed E-state index contributed by atoms with van der Waals surface area (Å²) in [5.41, 5.74) is 1.99. The van der Waals surface area contributed by atoms with Gasteiger partial charge >= 0.3 is 0 Å². The molecule has 0 spiro atoms. The van der Waals surface area contributed by atoms with E-state index in [-0.39, 0.29) is 17.5 Å². The Labute approximate surface area is 155 Å². The van der Waals surface area contributed by atoms with Crippen LogP contribution in [0.2, 0.25) is 0 Å². The number of hydrogen-bond donors (Lipinski definition) is 1. The van der Waals surface area contributed by atoms with E-state index in [0.29, 0.717) is 22.4 Å². The van der Waals surface area contributed by atoms with Crippen molar-refractivity contribution in [2.45, 2.75) is 13.0 Å². The molecular formula is C21H18FN3O2. The highest BCUT2D eigenvalue weighted by atomic mass is 19.1. The van der Waals surface area contributed by atoms with Gasteiger partial charge in [-0.3, -0.25) is 4.79 Å². The number of hydrogen-bond acceptors (Lipinski definition) is 3. The number of fused-ring (bicyclic) bond motifs is 1. The fourth-order valence-corrected chi connectivity index (χ4v) is 3.20. The van der Waals surface area contributed by atoms with Gasteiger partial charge in [-0.1, -0.05) is 30.3 Å². The number of benzene rings is 2. The SMILES string of the molecule is Cc1c(C(=O)N[C@H](c2ccccc2)c2nccn2C)oc2ccc(F)cc12. The summed E-state index contributed by atoms with van der Waals surface area (Å²) >= 11 is 0. The van der Waals surface area contributed by atoms with Crippen molar-refractivity contribution in [2.75, 3.05) is 0 Å². The van der Waals surface area contributed by atoms with Crippen molar-refractivity contribution < 1.29 is 13.6 Å². The van der Waals surface area contributed by atoms with Crippen LogP contribution in [0.4, 0.5) is 4.39 Å². The summed E-state index contributed by atoms with van der Waals surface area (Å²) in [6.07, 6.45) is 3.51. The smallest absolute Gasteiger partial charge is 0.288 e. The molecule has 5 nitrogen and oxygen atoms in total. The molecule has 1 atom stereocenters. The van der Waals surface area contributed by atoms with Crippen molar-refractivity contribution in [3.63, 3.8) is 0 Å². The predicted molar refractivity (Wildman–Crippen MR) is 99.9 cm³/mol. The number of furan rings is 1. The first-order chi connectivity index (χ1) is 13.0. The van der Waals surface area contributed by atoms with Gasteiger partial charge in [0.15, 0.2) is 5.76 Å². The first-order valence-corrected chi connectivity index (χ1v) is 8.56. The van der Waals surface area contributed by atoms with Crippen LogP contribution in [-0.2, 0) is 7.05 Å². The van der Waals surface area contributed by atoms with Crippen molar-refractivity contribution in [3.05, 3.63) is 89.5 Å². The molecule has 0 bridgehead atoms. The zero-order chi connectivity index (χ0) is 19.0. The number of aryl methyl sites for hydroxylation is 2. The molecule has 0 radical (unpaired) electrons. The summed E-state index contributed by atoms with van der Waals surface area (Å²) in [5.74, 6) is 0.134. The number of rotatable bonds is 4. The number of nitrogens with one attached hydrogen (secondary N) is 1. The molecule has 0 saturated heterocycles. The lowest BCUT2D eigenvalue weighted by Gasteiger charge is -2.18. The molecule has 0 aliphatic heterocycles. The van der Waals surface area contributed by atoms with Gasteiger partial charge in [-0.2, -0.15) is 0 Å². The second kappa shape index (κ2) is 6.72. The Kier molecular flexibility index (Phi) is 4.24. The van der Waals surface area contributed by atoms with Gasteiger partial charge < -0.3 is 14.3 Å². The number of imidazole rings is 1. The molecule has 4 rings (SSSR count). The molecule has 1 amide bonds. The Morgan fingerprint density at radius 2 is 2.00 bits per heavy atom. The largest absolute Gasteiger partial charge is 0.451 e. The van der Waals surface area contributed by atoms with Crippen LogP contribution in [0.15, 0.2) is 65.3 Å². The van der Waals surface area contributed by atoms with E-state index in [9.17, 15) is 9.18 Å². The zero-order valence-corrected chi connectivity index (χ0v) is 14.9. The van der Waals surface area contributed by atoms with Crippen LogP contribution < -0.4 is 5.32 Å². The Bertz CT molecular complexity index is 1120. The van der Waals surface area contributed by atoms with Crippen LogP contribution in [-0.4, -0.2) is 15.5 Å². The summed E-state index contributed by atoms with van der Waals surface area (Å²) in [6.45, 7) is 1.75. The monoisotopic (exact) mass is 363 g/mol. The van der Waals surface area contributed by atoms with Crippen LogP contribution in [0, 0.1) is 12.7 Å². The molecule has 27 heavy (non-hydrogen) atoms. The average Bonchev–Trinajstić information content (AvgIpc) is 3.24. The highest BCUT2D eigenvalue weighted by molar-refractivity contribution is 5.99. The average molecular weight is 363 g/mol. The Morgan fingerprint density at radius 3 is 2.70 bits per heavy atom. The van der Waals surface area contributed by atoms with Crippen molar-refractivity contribution in [1.29, 1.82) is 0 Å². The molecule has 136 valence electrons. The predicted octanol–water partition coefficient (Wildman–Crippen LogP) is 4.13. The van der Waals surface area contributed by atoms with E-state index in [2.05, 4.69) is 10.3 Å². The minimum atomic E-state index is -0.442. The van der Waals surface area contributed by atoms with Gasteiger partial charge in [0.2, 0.25) is 0 Å². The van der Waals surface area contributed by atoms with Crippen molar-refractivity contribution in [3.8, 4) is 0 Å². The van der Waals surface area contributed by atoms with Gasteiger partial charge in [0.05, 0.1) is 0 Å². The molecule has 0 aliphatic carbocycles. The van der Waals surface area contributed by atoms with Crippen LogP contribution in [0.5, 0.6) is 0 Å². The molecule has 4 aromatic rings. The number of nitrogens with zero attached hydrogens (tertiary/aromatic N) is 2. The molecule has 2 aromatic carbocycles. The number of halogens is 1. The first kappa shape index (κ1) is 17.0. The minimum Gasteiger partial charge on any atom is -0.451 e. The van der Waals surface area contributed by atoms with Gasteiger partial charge in [-0.25, -0.2) is 9.37 Å². The molecule has 0 saturated carbocycles. The van der Waals surface area contributed by atoms with E-state index in [4.69, 9.17) is 4.42 Å². The lowest BCUT2D eigenvalue weighted by atomic mass is 10.1. The summed E-state index contributed by atoms with van der Waals surface area (Å²) in [5, 5.41) is 3.59. The van der Waals surface area contributed by atoms with E-state index in [1.807, 2.05) is 48.1 Å². The Hall–Kier alpha value is -3.41. The van der Waals surface area contributed by atoms with Crippen LogP contribution in [0.3, 0.4) is 0 Å². The number of carbonyl (C=O) groups excluding carboxylic acids is 1. The lowest BCUT2D eigenvalue weighted by molar-refractivity contribution is 0.0914. The maximum atomic E-state index is 13.5. The van der Waals surface area contributed by atoms with Crippen molar-refractivity contribution >= 4 is 16.9 Å². The van der Waals surface area contributed by atoms with E-state index in [1.54, 1.807) is 13.1 Å². The molecule has 2 heterocycles. The number of carbonyl (C=O) groups is 1. The van der Waals surface area contributed by atoms with Gasteiger partial charge in [-0.15, -0.1) is 0 Å². The molecule has 0 aliphatic rings. The fourth-order valence-electron chi connectivity index (χ4n) is 3.20. The van der Waals surface area contributed by atoms with E-state index >= 15 is 0 Å². The van der Waals surface area contributed by atoms with Gasteiger partial charge in [0.25, 0.3) is 5.91 Å². The van der Waals surface area contributed by atoms with Gasteiger partial charge in [0, 0.05) is 30.4 Å². The lowest BCUT2D eigenvalue weighted by Crippen LogP contribution is -2.31. The third-order valence-electron chi connectivity index (χ3n) is 4.63. The molecule has 1 N–H and O–H groups in total. The van der Waals surface area contributed by atoms with Crippen molar-refractivity contribution in [1.82, 2.24) is 14.9 Å². The minimum absolute atomic E-state index is 0.172. The number of aromatic nitrogens is 2. The van der Waals surface area contributed by atoms with Crippen LogP contribution >= 0.6 is 0 Å². The van der Waals surface area contributed by atoms with Crippen LogP contribution in [0.1, 0.15) is 33.5 Å². The molecule has 2 aromatic heterocycles. The van der Waals surface area contributed by atoms with Gasteiger partial charge in [-0.05, 0) is 30.7 Å². The molecule has 0 fully saturated rings. The third kappa shape index (κ3) is 3.10. The second-order valence-corrected chi connectivity index (χ2v) is 6.41. The summed E-state index contributed by atoms with van der Waals surface area (Å²) in [6, 6.07) is 13.4. The van der Waals surface area contributed by atoms with Gasteiger partial charge in [0.1, 0.15) is 23.3 Å². The third-order valence-corrected chi connectivity index (χ3v) is 4.63. The number of amides is 1. The highest BCUT2D eigenvalue weighted by Gasteiger charge is 2.25. The standard InChI is InChI=1S/C21H18FN3O2/c1-13-16-12-15(22)8-9-17(16)27-19(13)21(26)24-18(14-6-4-3-5-7-14)20-23-10-11-25(20)2/h3-12,18H,1-2H3,(H,24,26)/t18-/m1/s1. The van der Waals surface area contributed by atoms with E-state index in [1.165, 1.54) is 18.2 Å². The summed E-state index contributed by atoms with van der Waals surface area (Å²) < 4.78 is 21.1. The summed E-state index contributed by atoms with van der Waals surface area (Å²) in [7, 11) is 1.87. The Balaban J connectivity index is 1.73. The maximum absolute atomic E-state index is 13.5. The van der Waals surface area contributed by atoms with E-state index < -0.39 is 6.04 Å². The highest BCUT2D eigenvalue weighted by Crippen LogP contribution is 2.27. The Morgan fingerprint density at radius 1 is 1.22 bits per heavy atom. The fraction of sp³-hybridized carbons (Fsp3) is 0.143. The quantitative estimate of drug-likeness (QED) is 0.593. The van der Waals surface area contributed by atoms with Crippen molar-refractivity contribution in [2.24, 2.45) is 7.05 Å². The van der Waals surface area contributed by atoms with Crippen LogP contribution in [0.25, 0.3) is 11.0 Å².